The van der Waals surface area contributed by atoms with Crippen LogP contribution in [0.25, 0.3) is 0 Å². The second kappa shape index (κ2) is 6.48. The van der Waals surface area contributed by atoms with E-state index in [1.54, 1.807) is 0 Å². The molecule has 4 heteroatoms. The van der Waals surface area contributed by atoms with Gasteiger partial charge in [0.1, 0.15) is 0 Å². The van der Waals surface area contributed by atoms with E-state index in [9.17, 15) is 4.79 Å². The molecule has 1 aromatic carbocycles. The molecule has 4 nitrogen and oxygen atoms in total. The average Bonchev–Trinajstić information content (AvgIpc) is 2.82. The molecule has 0 aliphatic carbocycles. The molecule has 0 aromatic heterocycles. The standard InChI is InChI=1S/C17H27N3O/c1-6-18-15-8-7-14(9-12(15)2)17(21)20-10-13(3)16(11-20)19(4)5/h7-9,13,16,18H,6,10-11H2,1-5H3. The predicted octanol–water partition coefficient (Wildman–Crippen LogP) is 2.45. The van der Waals surface area contributed by atoms with Crippen molar-refractivity contribution in [1.82, 2.24) is 9.80 Å². The molecule has 1 aliphatic heterocycles. The highest BCUT2D eigenvalue weighted by Gasteiger charge is 2.33. The summed E-state index contributed by atoms with van der Waals surface area (Å²) in [5, 5.41) is 3.31. The second-order valence-corrected chi connectivity index (χ2v) is 6.28. The van der Waals surface area contributed by atoms with Crippen molar-refractivity contribution in [1.29, 1.82) is 0 Å². The lowest BCUT2D eigenvalue weighted by molar-refractivity contribution is 0.0781. The van der Waals surface area contributed by atoms with Gasteiger partial charge in [0, 0.05) is 36.9 Å². The molecule has 1 saturated heterocycles. The minimum atomic E-state index is 0.150. The summed E-state index contributed by atoms with van der Waals surface area (Å²) in [5.41, 5.74) is 3.02. The number of nitrogens with one attached hydrogen (secondary N) is 1. The van der Waals surface area contributed by atoms with Crippen molar-refractivity contribution in [2.75, 3.05) is 39.0 Å². The van der Waals surface area contributed by atoms with Crippen molar-refractivity contribution >= 4 is 11.6 Å². The third-order valence-electron chi connectivity index (χ3n) is 4.36. The van der Waals surface area contributed by atoms with E-state index in [1.165, 1.54) is 0 Å². The SMILES string of the molecule is CCNc1ccc(C(=O)N2CC(C)C(N(C)C)C2)cc1C. The fourth-order valence-electron chi connectivity index (χ4n) is 3.16. The number of likely N-dealkylation sites (N-methyl/N-ethyl adjacent to an activating group) is 1. The van der Waals surface area contributed by atoms with Gasteiger partial charge in [0.2, 0.25) is 0 Å². The lowest BCUT2D eigenvalue weighted by Gasteiger charge is -2.22. The molecule has 1 heterocycles. The van der Waals surface area contributed by atoms with E-state index in [-0.39, 0.29) is 5.91 Å². The van der Waals surface area contributed by atoms with Crippen molar-refractivity contribution in [3.63, 3.8) is 0 Å². The molecule has 1 N–H and O–H groups in total. The van der Waals surface area contributed by atoms with Gasteiger partial charge < -0.3 is 15.1 Å². The average molecular weight is 289 g/mol. The van der Waals surface area contributed by atoms with E-state index >= 15 is 0 Å². The molecule has 0 radical (unpaired) electrons. The summed E-state index contributed by atoms with van der Waals surface area (Å²) in [7, 11) is 4.18. The maximum atomic E-state index is 12.7. The van der Waals surface area contributed by atoms with E-state index in [1.807, 2.05) is 30.0 Å². The zero-order valence-electron chi connectivity index (χ0n) is 13.8. The first-order chi connectivity index (χ1) is 9.93. The third kappa shape index (κ3) is 3.38. The van der Waals surface area contributed by atoms with Gasteiger partial charge >= 0.3 is 0 Å². The first-order valence-corrected chi connectivity index (χ1v) is 7.74. The fourth-order valence-corrected chi connectivity index (χ4v) is 3.16. The molecule has 1 fully saturated rings. The van der Waals surface area contributed by atoms with Crippen LogP contribution in [0, 0.1) is 12.8 Å². The number of anilines is 1. The van der Waals surface area contributed by atoms with Gasteiger partial charge in [0.25, 0.3) is 5.91 Å². The second-order valence-electron chi connectivity index (χ2n) is 6.28. The predicted molar refractivity (Wildman–Crippen MR) is 87.9 cm³/mol. The molecule has 1 aliphatic rings. The van der Waals surface area contributed by atoms with Gasteiger partial charge in [-0.3, -0.25) is 4.79 Å². The Morgan fingerprint density at radius 2 is 2.10 bits per heavy atom. The molecule has 116 valence electrons. The number of carbonyl (C=O) groups is 1. The lowest BCUT2D eigenvalue weighted by atomic mass is 10.1. The number of likely N-dealkylation sites (tertiary alicyclic amines) is 1. The maximum Gasteiger partial charge on any atom is 0.253 e. The Labute approximate surface area is 128 Å². The molecule has 1 aromatic rings. The summed E-state index contributed by atoms with van der Waals surface area (Å²) in [6.07, 6.45) is 0. The molecular weight excluding hydrogens is 262 g/mol. The number of nitrogens with zero attached hydrogens (tertiary/aromatic N) is 2. The summed E-state index contributed by atoms with van der Waals surface area (Å²) >= 11 is 0. The van der Waals surface area contributed by atoms with Crippen LogP contribution in [-0.2, 0) is 0 Å². The van der Waals surface area contributed by atoms with Crippen LogP contribution in [0.4, 0.5) is 5.69 Å². The Balaban J connectivity index is 2.12. The number of hydrogen-bond acceptors (Lipinski definition) is 3. The van der Waals surface area contributed by atoms with Crippen LogP contribution in [0.5, 0.6) is 0 Å². The Morgan fingerprint density at radius 1 is 1.38 bits per heavy atom. The van der Waals surface area contributed by atoms with Gasteiger partial charge in [-0.15, -0.1) is 0 Å². The number of benzene rings is 1. The van der Waals surface area contributed by atoms with Crippen molar-refractivity contribution in [2.45, 2.75) is 26.8 Å². The molecule has 1 amide bonds. The van der Waals surface area contributed by atoms with E-state index in [0.717, 1.165) is 36.4 Å². The molecular formula is C17H27N3O. The van der Waals surface area contributed by atoms with Crippen LogP contribution in [0.3, 0.4) is 0 Å². The third-order valence-corrected chi connectivity index (χ3v) is 4.36. The summed E-state index contributed by atoms with van der Waals surface area (Å²) in [6, 6.07) is 6.39. The number of hydrogen-bond donors (Lipinski definition) is 1. The monoisotopic (exact) mass is 289 g/mol. The van der Waals surface area contributed by atoms with Crippen LogP contribution in [0.1, 0.15) is 29.8 Å². The molecule has 2 atom stereocenters. The molecule has 2 unspecified atom stereocenters. The van der Waals surface area contributed by atoms with Gasteiger partial charge in [-0.2, -0.15) is 0 Å². The highest BCUT2D eigenvalue weighted by atomic mass is 16.2. The van der Waals surface area contributed by atoms with Gasteiger partial charge in [-0.05, 0) is 57.6 Å². The number of rotatable bonds is 4. The fraction of sp³-hybridized carbons (Fsp3) is 0.588. The van der Waals surface area contributed by atoms with Crippen molar-refractivity contribution in [2.24, 2.45) is 5.92 Å². The number of carbonyl (C=O) groups excluding carboxylic acids is 1. The van der Waals surface area contributed by atoms with Gasteiger partial charge in [0.05, 0.1) is 0 Å². The van der Waals surface area contributed by atoms with E-state index in [2.05, 4.69) is 38.2 Å². The maximum absolute atomic E-state index is 12.7. The number of amides is 1. The topological polar surface area (TPSA) is 35.6 Å². The summed E-state index contributed by atoms with van der Waals surface area (Å²) in [4.78, 5) is 16.9. The zero-order chi connectivity index (χ0) is 15.6. The van der Waals surface area contributed by atoms with E-state index < -0.39 is 0 Å². The van der Waals surface area contributed by atoms with Crippen LogP contribution in [0.2, 0.25) is 0 Å². The first kappa shape index (κ1) is 15.8. The van der Waals surface area contributed by atoms with Crippen LogP contribution in [0.15, 0.2) is 18.2 Å². The number of aryl methyl sites for hydroxylation is 1. The molecule has 2 rings (SSSR count). The normalized spacial score (nSPS) is 21.9. The van der Waals surface area contributed by atoms with Crippen LogP contribution >= 0.6 is 0 Å². The first-order valence-electron chi connectivity index (χ1n) is 7.74. The van der Waals surface area contributed by atoms with Crippen LogP contribution in [-0.4, -0.2) is 55.5 Å². The van der Waals surface area contributed by atoms with E-state index in [0.29, 0.717) is 12.0 Å². The molecule has 21 heavy (non-hydrogen) atoms. The summed E-state index contributed by atoms with van der Waals surface area (Å²) in [6.45, 7) is 8.89. The van der Waals surface area contributed by atoms with Gasteiger partial charge in [-0.25, -0.2) is 0 Å². The lowest BCUT2D eigenvalue weighted by Crippen LogP contribution is -2.35. The molecule has 0 spiro atoms. The van der Waals surface area contributed by atoms with Crippen molar-refractivity contribution in [3.05, 3.63) is 29.3 Å². The highest BCUT2D eigenvalue weighted by Crippen LogP contribution is 2.23. The minimum absolute atomic E-state index is 0.150. The quantitative estimate of drug-likeness (QED) is 0.925. The van der Waals surface area contributed by atoms with Crippen LogP contribution < -0.4 is 5.32 Å². The summed E-state index contributed by atoms with van der Waals surface area (Å²) < 4.78 is 0. The molecule has 0 saturated carbocycles. The van der Waals surface area contributed by atoms with Crippen molar-refractivity contribution in [3.8, 4) is 0 Å². The summed E-state index contributed by atoms with van der Waals surface area (Å²) in [5.74, 6) is 0.670. The molecule has 0 bridgehead atoms. The van der Waals surface area contributed by atoms with Crippen molar-refractivity contribution < 1.29 is 4.79 Å². The smallest absolute Gasteiger partial charge is 0.253 e. The Hall–Kier alpha value is -1.55. The Morgan fingerprint density at radius 3 is 2.62 bits per heavy atom. The highest BCUT2D eigenvalue weighted by molar-refractivity contribution is 5.95. The Kier molecular flexibility index (Phi) is 4.88. The Bertz CT molecular complexity index is 513. The largest absolute Gasteiger partial charge is 0.385 e. The van der Waals surface area contributed by atoms with Gasteiger partial charge in [0.15, 0.2) is 0 Å². The minimum Gasteiger partial charge on any atom is -0.385 e. The van der Waals surface area contributed by atoms with Gasteiger partial charge in [-0.1, -0.05) is 6.92 Å². The van der Waals surface area contributed by atoms with E-state index in [4.69, 9.17) is 0 Å². The zero-order valence-corrected chi connectivity index (χ0v) is 13.8.